The fraction of sp³-hybridized carbons (Fsp3) is 0.500. The van der Waals surface area contributed by atoms with Crippen molar-refractivity contribution >= 4 is 21.6 Å². The fourth-order valence-corrected chi connectivity index (χ4v) is 3.93. The molecule has 1 aliphatic heterocycles. The van der Waals surface area contributed by atoms with E-state index in [1.165, 1.54) is 4.31 Å². The van der Waals surface area contributed by atoms with E-state index in [4.69, 9.17) is 0 Å². The van der Waals surface area contributed by atoms with Gasteiger partial charge >= 0.3 is 0 Å². The maximum Gasteiger partial charge on any atom is 0.236 e. The Labute approximate surface area is 119 Å². The number of amides is 1. The van der Waals surface area contributed by atoms with Gasteiger partial charge in [0.05, 0.1) is 11.4 Å². The summed E-state index contributed by atoms with van der Waals surface area (Å²) in [4.78, 5) is 11.5. The molecule has 0 radical (unpaired) electrons. The molecule has 1 amide bonds. The number of sulfonamides is 1. The number of nitrogens with zero attached hydrogens (tertiary/aromatic N) is 1. The van der Waals surface area contributed by atoms with Gasteiger partial charge in [-0.1, -0.05) is 18.2 Å². The van der Waals surface area contributed by atoms with Gasteiger partial charge in [0, 0.05) is 19.0 Å². The van der Waals surface area contributed by atoms with Crippen LogP contribution < -0.4 is 9.62 Å². The predicted octanol–water partition coefficient (Wildman–Crippen LogP) is 0.905. The summed E-state index contributed by atoms with van der Waals surface area (Å²) in [5.74, 6) is 0.0621. The third-order valence-electron chi connectivity index (χ3n) is 3.79. The van der Waals surface area contributed by atoms with Gasteiger partial charge in [-0.15, -0.1) is 0 Å². The van der Waals surface area contributed by atoms with Crippen LogP contribution >= 0.6 is 0 Å². The Hall–Kier alpha value is -1.56. The lowest BCUT2D eigenvalue weighted by Gasteiger charge is -2.19. The molecule has 1 N–H and O–H groups in total. The molecule has 1 fully saturated rings. The first-order valence-corrected chi connectivity index (χ1v) is 8.55. The second kappa shape index (κ2) is 5.09. The van der Waals surface area contributed by atoms with Crippen molar-refractivity contribution in [1.82, 2.24) is 5.32 Å². The second-order valence-corrected chi connectivity index (χ2v) is 7.35. The highest BCUT2D eigenvalue weighted by Crippen LogP contribution is 2.30. The molecule has 1 aromatic rings. The van der Waals surface area contributed by atoms with Crippen molar-refractivity contribution in [2.75, 3.05) is 23.1 Å². The van der Waals surface area contributed by atoms with Gasteiger partial charge in [0.25, 0.3) is 0 Å². The minimum absolute atomic E-state index is 0.0120. The molecular weight excluding hydrogens is 276 g/mol. The molecule has 1 aliphatic carbocycles. The van der Waals surface area contributed by atoms with E-state index in [9.17, 15) is 13.2 Å². The largest absolute Gasteiger partial charge is 0.355 e. The number of hydrogen-bond donors (Lipinski definition) is 1. The predicted molar refractivity (Wildman–Crippen MR) is 77.0 cm³/mol. The van der Waals surface area contributed by atoms with Crippen LogP contribution in [0.3, 0.4) is 0 Å². The third kappa shape index (κ3) is 2.65. The molecule has 3 rings (SSSR count). The lowest BCUT2D eigenvalue weighted by Crippen LogP contribution is -2.37. The minimum atomic E-state index is -3.36. The van der Waals surface area contributed by atoms with Gasteiger partial charge in [-0.2, -0.15) is 0 Å². The zero-order valence-corrected chi connectivity index (χ0v) is 12.0. The molecule has 0 bridgehead atoms. The molecule has 0 unspecified atom stereocenters. The zero-order valence-electron chi connectivity index (χ0n) is 11.2. The van der Waals surface area contributed by atoms with E-state index >= 15 is 0 Å². The summed E-state index contributed by atoms with van der Waals surface area (Å²) in [6.07, 6.45) is 2.61. The Morgan fingerprint density at radius 2 is 2.05 bits per heavy atom. The van der Waals surface area contributed by atoms with Crippen molar-refractivity contribution in [2.24, 2.45) is 5.92 Å². The number of hydrogen-bond acceptors (Lipinski definition) is 3. The van der Waals surface area contributed by atoms with Gasteiger partial charge in [-0.25, -0.2) is 8.42 Å². The Bertz CT molecular complexity index is 623. The van der Waals surface area contributed by atoms with Crippen LogP contribution in [-0.2, 0) is 21.2 Å². The van der Waals surface area contributed by atoms with Crippen LogP contribution in [0.15, 0.2) is 24.3 Å². The molecule has 0 spiro atoms. The lowest BCUT2D eigenvalue weighted by molar-refractivity contribution is -0.122. The van der Waals surface area contributed by atoms with E-state index in [0.29, 0.717) is 6.54 Å². The third-order valence-corrected chi connectivity index (χ3v) is 5.56. The van der Waals surface area contributed by atoms with Crippen molar-refractivity contribution in [3.05, 3.63) is 29.8 Å². The summed E-state index contributed by atoms with van der Waals surface area (Å²) in [5.41, 5.74) is 1.85. The topological polar surface area (TPSA) is 66.5 Å². The SMILES string of the molecule is O=C(NCCS(=O)(=O)N1CCc2ccccc21)C1CC1. The standard InChI is InChI=1S/C14H18N2O3S/c17-14(12-5-6-12)15-8-10-20(18,19)16-9-7-11-3-1-2-4-13(11)16/h1-4,12H,5-10H2,(H,15,17). The maximum atomic E-state index is 12.3. The summed E-state index contributed by atoms with van der Waals surface area (Å²) in [6.45, 7) is 0.689. The Kier molecular flexibility index (Phi) is 3.41. The first-order valence-electron chi connectivity index (χ1n) is 6.94. The van der Waals surface area contributed by atoms with E-state index in [1.54, 1.807) is 0 Å². The van der Waals surface area contributed by atoms with Gasteiger partial charge in [0.15, 0.2) is 0 Å². The zero-order chi connectivity index (χ0) is 14.2. The van der Waals surface area contributed by atoms with Gasteiger partial charge in [-0.05, 0) is 30.9 Å². The van der Waals surface area contributed by atoms with Crippen molar-refractivity contribution in [1.29, 1.82) is 0 Å². The first-order chi connectivity index (χ1) is 9.58. The van der Waals surface area contributed by atoms with Crippen LogP contribution in [0.25, 0.3) is 0 Å². The van der Waals surface area contributed by atoms with E-state index in [0.717, 1.165) is 30.5 Å². The van der Waals surface area contributed by atoms with E-state index in [-0.39, 0.29) is 24.1 Å². The molecule has 1 aromatic carbocycles. The van der Waals surface area contributed by atoms with Crippen molar-refractivity contribution in [3.63, 3.8) is 0 Å². The maximum absolute atomic E-state index is 12.3. The average Bonchev–Trinajstić information content (AvgIpc) is 3.17. The highest BCUT2D eigenvalue weighted by Gasteiger charge is 2.31. The van der Waals surface area contributed by atoms with E-state index in [2.05, 4.69) is 5.32 Å². The lowest BCUT2D eigenvalue weighted by atomic mass is 10.2. The number of nitrogens with one attached hydrogen (secondary N) is 1. The summed E-state index contributed by atoms with van der Waals surface area (Å²) in [7, 11) is -3.36. The van der Waals surface area contributed by atoms with Crippen LogP contribution in [0.4, 0.5) is 5.69 Å². The molecule has 0 saturated heterocycles. The summed E-state index contributed by atoms with van der Waals surface area (Å²) in [5, 5.41) is 2.70. The molecule has 0 aromatic heterocycles. The van der Waals surface area contributed by atoms with Crippen molar-refractivity contribution < 1.29 is 13.2 Å². The van der Waals surface area contributed by atoms with Crippen LogP contribution in [-0.4, -0.2) is 33.2 Å². The van der Waals surface area contributed by atoms with Crippen LogP contribution in [0.2, 0.25) is 0 Å². The number of fused-ring (bicyclic) bond motifs is 1. The molecule has 1 saturated carbocycles. The molecule has 5 nitrogen and oxygen atoms in total. The van der Waals surface area contributed by atoms with Crippen molar-refractivity contribution in [2.45, 2.75) is 19.3 Å². The molecule has 1 heterocycles. The molecule has 2 aliphatic rings. The summed E-state index contributed by atoms with van der Waals surface area (Å²) < 4.78 is 26.1. The van der Waals surface area contributed by atoms with Gasteiger partial charge in [0.1, 0.15) is 0 Å². The molecule has 20 heavy (non-hydrogen) atoms. The van der Waals surface area contributed by atoms with Gasteiger partial charge in [-0.3, -0.25) is 9.10 Å². The highest BCUT2D eigenvalue weighted by molar-refractivity contribution is 7.92. The Morgan fingerprint density at radius 3 is 2.80 bits per heavy atom. The number of carbonyl (C=O) groups excluding carboxylic acids is 1. The van der Waals surface area contributed by atoms with E-state index in [1.807, 2.05) is 24.3 Å². The second-order valence-electron chi connectivity index (χ2n) is 5.33. The number of benzene rings is 1. The highest BCUT2D eigenvalue weighted by atomic mass is 32.2. The fourth-order valence-electron chi connectivity index (χ4n) is 2.50. The van der Waals surface area contributed by atoms with Crippen molar-refractivity contribution in [3.8, 4) is 0 Å². The Morgan fingerprint density at radius 1 is 1.30 bits per heavy atom. The molecule has 108 valence electrons. The molecular formula is C14H18N2O3S. The quantitative estimate of drug-likeness (QED) is 0.877. The van der Waals surface area contributed by atoms with Crippen LogP contribution in [0.1, 0.15) is 18.4 Å². The first kappa shape index (κ1) is 13.4. The van der Waals surface area contributed by atoms with Crippen LogP contribution in [0.5, 0.6) is 0 Å². The number of para-hydroxylation sites is 1. The smallest absolute Gasteiger partial charge is 0.236 e. The van der Waals surface area contributed by atoms with E-state index < -0.39 is 10.0 Å². The molecule has 0 atom stereocenters. The normalized spacial score (nSPS) is 17.9. The minimum Gasteiger partial charge on any atom is -0.355 e. The summed E-state index contributed by atoms with van der Waals surface area (Å²) >= 11 is 0. The molecule has 6 heteroatoms. The van der Waals surface area contributed by atoms with Gasteiger partial charge in [0.2, 0.25) is 15.9 Å². The number of anilines is 1. The van der Waals surface area contributed by atoms with Gasteiger partial charge < -0.3 is 5.32 Å². The average molecular weight is 294 g/mol. The number of carbonyl (C=O) groups is 1. The Balaban J connectivity index is 1.62. The number of rotatable bonds is 5. The monoisotopic (exact) mass is 294 g/mol. The summed E-state index contributed by atoms with van der Waals surface area (Å²) in [6, 6.07) is 7.56. The van der Waals surface area contributed by atoms with Crippen LogP contribution in [0, 0.1) is 5.92 Å².